The smallest absolute Gasteiger partial charge is 0.0693 e. The van der Waals surface area contributed by atoms with E-state index in [0.29, 0.717) is 0 Å². The summed E-state index contributed by atoms with van der Waals surface area (Å²) in [5.41, 5.74) is 0.877. The fraction of sp³-hybridized carbons (Fsp3) is 0.143. The highest BCUT2D eigenvalue weighted by atomic mass is 35.7. The van der Waals surface area contributed by atoms with Crippen LogP contribution >= 0.6 is 21.7 Å². The third kappa shape index (κ3) is 1.66. The van der Waals surface area contributed by atoms with Crippen molar-refractivity contribution in [1.29, 1.82) is 0 Å². The van der Waals surface area contributed by atoms with E-state index in [4.69, 9.17) is 15.8 Å². The molecule has 0 fully saturated rings. The van der Waals surface area contributed by atoms with Crippen LogP contribution in [0.4, 0.5) is 0 Å². The fourth-order valence-corrected chi connectivity index (χ4v) is 1.52. The van der Waals surface area contributed by atoms with Gasteiger partial charge in [0.05, 0.1) is 6.61 Å². The highest BCUT2D eigenvalue weighted by molar-refractivity contribution is 8.21. The molecule has 0 bridgehead atoms. The number of aliphatic hydroxyl groups excluding tert-OH is 1. The Balaban J connectivity index is 2.96. The first-order valence-corrected chi connectivity index (χ1v) is 4.50. The Hall–Kier alpha value is -0.180. The molecule has 1 aromatic carbocycles. The zero-order valence-electron chi connectivity index (χ0n) is 5.25. The van der Waals surface area contributed by atoms with Crippen LogP contribution in [0.2, 0.25) is 0 Å². The van der Waals surface area contributed by atoms with E-state index in [2.05, 4.69) is 0 Å². The molecular formula is C7H7ClOS. The molecule has 0 saturated heterocycles. The Morgan fingerprint density at radius 3 is 2.60 bits per heavy atom. The third-order valence-corrected chi connectivity index (χ3v) is 2.29. The van der Waals surface area contributed by atoms with E-state index in [0.717, 1.165) is 21.4 Å². The second kappa shape index (κ2) is 3.86. The lowest BCUT2D eigenvalue weighted by Crippen LogP contribution is -1.83. The van der Waals surface area contributed by atoms with Crippen LogP contribution in [0.3, 0.4) is 0 Å². The van der Waals surface area contributed by atoms with Gasteiger partial charge < -0.3 is 5.11 Å². The molecule has 0 unspecified atom stereocenters. The van der Waals surface area contributed by atoms with Crippen molar-refractivity contribution in [3.8, 4) is 0 Å². The van der Waals surface area contributed by atoms with Gasteiger partial charge >= 0.3 is 0 Å². The predicted octanol–water partition coefficient (Wildman–Crippen LogP) is 2.42. The Kier molecular flexibility index (Phi) is 3.06. The van der Waals surface area contributed by atoms with Gasteiger partial charge in [0.15, 0.2) is 0 Å². The van der Waals surface area contributed by atoms with E-state index >= 15 is 0 Å². The molecule has 10 heavy (non-hydrogen) atoms. The maximum atomic E-state index is 8.78. The van der Waals surface area contributed by atoms with Crippen LogP contribution in [-0.4, -0.2) is 5.11 Å². The predicted molar refractivity (Wildman–Crippen MR) is 44.1 cm³/mol. The lowest BCUT2D eigenvalue weighted by atomic mass is 10.2. The van der Waals surface area contributed by atoms with Crippen LogP contribution in [-0.2, 0) is 6.61 Å². The number of rotatable bonds is 2. The van der Waals surface area contributed by atoms with Crippen molar-refractivity contribution in [1.82, 2.24) is 0 Å². The number of hydrogen-bond donors (Lipinski definition) is 1. The van der Waals surface area contributed by atoms with Crippen molar-refractivity contribution in [2.45, 2.75) is 11.5 Å². The molecule has 3 heteroatoms. The van der Waals surface area contributed by atoms with Crippen LogP contribution in [0.5, 0.6) is 0 Å². The fourth-order valence-electron chi connectivity index (χ4n) is 0.710. The van der Waals surface area contributed by atoms with Gasteiger partial charge in [-0.05, 0) is 33.3 Å². The summed E-state index contributed by atoms with van der Waals surface area (Å²) in [6, 6.07) is 7.50. The topological polar surface area (TPSA) is 20.2 Å². The molecule has 0 atom stereocenters. The molecule has 54 valence electrons. The maximum Gasteiger partial charge on any atom is 0.0693 e. The minimum absolute atomic E-state index is 0.0515. The summed E-state index contributed by atoms with van der Waals surface area (Å²) in [6.07, 6.45) is 0. The standard InChI is InChI=1S/C7H7ClOS/c8-10-7-4-2-1-3-6(7)5-9/h1-4,9H,5H2. The van der Waals surface area contributed by atoms with Crippen molar-refractivity contribution in [2.24, 2.45) is 0 Å². The highest BCUT2D eigenvalue weighted by Crippen LogP contribution is 2.25. The van der Waals surface area contributed by atoms with E-state index in [1.807, 2.05) is 24.3 Å². The minimum Gasteiger partial charge on any atom is -0.392 e. The molecule has 0 aromatic heterocycles. The number of halogens is 1. The molecule has 1 nitrogen and oxygen atoms in total. The summed E-state index contributed by atoms with van der Waals surface area (Å²) in [6.45, 7) is 0.0515. The van der Waals surface area contributed by atoms with Gasteiger partial charge in [0.1, 0.15) is 0 Å². The van der Waals surface area contributed by atoms with Crippen LogP contribution < -0.4 is 0 Å². The van der Waals surface area contributed by atoms with Gasteiger partial charge in [-0.2, -0.15) is 0 Å². The second-order valence-corrected chi connectivity index (χ2v) is 2.90. The van der Waals surface area contributed by atoms with Gasteiger partial charge in [0, 0.05) is 4.90 Å². The van der Waals surface area contributed by atoms with Gasteiger partial charge in [0.2, 0.25) is 0 Å². The summed E-state index contributed by atoms with van der Waals surface area (Å²) in [7, 11) is 6.65. The summed E-state index contributed by atoms with van der Waals surface area (Å²) in [4.78, 5) is 0.923. The lowest BCUT2D eigenvalue weighted by Gasteiger charge is -1.99. The van der Waals surface area contributed by atoms with Gasteiger partial charge in [-0.1, -0.05) is 18.2 Å². The van der Waals surface area contributed by atoms with Crippen molar-refractivity contribution < 1.29 is 5.11 Å². The zero-order chi connectivity index (χ0) is 7.40. The molecule has 0 heterocycles. The van der Waals surface area contributed by atoms with E-state index in [9.17, 15) is 0 Å². The second-order valence-electron chi connectivity index (χ2n) is 1.84. The first kappa shape index (κ1) is 7.92. The third-order valence-electron chi connectivity index (χ3n) is 1.23. The molecular weight excluding hydrogens is 168 g/mol. The Bertz CT molecular complexity index is 192. The van der Waals surface area contributed by atoms with Crippen molar-refractivity contribution >= 4 is 21.7 Å². The highest BCUT2D eigenvalue weighted by Gasteiger charge is 1.97. The van der Waals surface area contributed by atoms with Gasteiger partial charge in [-0.15, -0.1) is 0 Å². The first-order valence-electron chi connectivity index (χ1n) is 2.86. The number of benzene rings is 1. The Morgan fingerprint density at radius 2 is 2.10 bits per heavy atom. The minimum atomic E-state index is 0.0515. The van der Waals surface area contributed by atoms with Gasteiger partial charge in [-0.3, -0.25) is 0 Å². The largest absolute Gasteiger partial charge is 0.392 e. The first-order chi connectivity index (χ1) is 4.88. The van der Waals surface area contributed by atoms with Crippen LogP contribution in [0.25, 0.3) is 0 Å². The van der Waals surface area contributed by atoms with Crippen LogP contribution in [0.15, 0.2) is 29.2 Å². The van der Waals surface area contributed by atoms with Gasteiger partial charge in [0.25, 0.3) is 0 Å². The Morgan fingerprint density at radius 1 is 1.40 bits per heavy atom. The van der Waals surface area contributed by atoms with Crippen LogP contribution in [0, 0.1) is 0 Å². The molecule has 0 amide bonds. The maximum absolute atomic E-state index is 8.78. The molecule has 1 aromatic rings. The molecule has 0 aliphatic heterocycles. The summed E-state index contributed by atoms with van der Waals surface area (Å²) in [5, 5.41) is 8.78. The summed E-state index contributed by atoms with van der Waals surface area (Å²) < 4.78 is 0. The van der Waals surface area contributed by atoms with E-state index in [-0.39, 0.29) is 6.61 Å². The monoisotopic (exact) mass is 174 g/mol. The molecule has 0 spiro atoms. The number of hydrogen-bond acceptors (Lipinski definition) is 2. The van der Waals surface area contributed by atoms with Crippen molar-refractivity contribution in [3.63, 3.8) is 0 Å². The normalized spacial score (nSPS) is 9.80. The molecule has 1 rings (SSSR count). The SMILES string of the molecule is OCc1ccccc1SCl. The lowest BCUT2D eigenvalue weighted by molar-refractivity contribution is 0.279. The van der Waals surface area contributed by atoms with E-state index in [1.165, 1.54) is 0 Å². The average Bonchev–Trinajstić information content (AvgIpc) is 2.04. The molecule has 0 aliphatic carbocycles. The Labute approximate surface area is 68.5 Å². The average molecular weight is 175 g/mol. The van der Waals surface area contributed by atoms with E-state index < -0.39 is 0 Å². The quantitative estimate of drug-likeness (QED) is 0.743. The molecule has 0 radical (unpaired) electrons. The number of aliphatic hydroxyl groups is 1. The summed E-state index contributed by atoms with van der Waals surface area (Å²) >= 11 is 0. The van der Waals surface area contributed by atoms with Crippen molar-refractivity contribution in [2.75, 3.05) is 0 Å². The van der Waals surface area contributed by atoms with Crippen molar-refractivity contribution in [3.05, 3.63) is 29.8 Å². The molecule has 0 aliphatic rings. The van der Waals surface area contributed by atoms with Crippen LogP contribution in [0.1, 0.15) is 5.56 Å². The zero-order valence-corrected chi connectivity index (χ0v) is 6.82. The summed E-state index contributed by atoms with van der Waals surface area (Å²) in [5.74, 6) is 0. The molecule has 0 saturated carbocycles. The van der Waals surface area contributed by atoms with E-state index in [1.54, 1.807) is 0 Å². The molecule has 1 N–H and O–H groups in total. The van der Waals surface area contributed by atoms with Gasteiger partial charge in [-0.25, -0.2) is 0 Å².